The highest BCUT2D eigenvalue weighted by molar-refractivity contribution is 7.47. The van der Waals surface area contributed by atoms with Crippen molar-refractivity contribution in [2.75, 3.05) is 39.6 Å². The molecule has 0 bridgehead atoms. The Morgan fingerprint density at radius 3 is 0.844 bits per heavy atom. The smallest absolute Gasteiger partial charge is 0.462 e. The minimum atomic E-state index is -4.95. The predicted molar refractivity (Wildman–Crippen MR) is 363 cm³/mol. The van der Waals surface area contributed by atoms with Gasteiger partial charge in [-0.3, -0.25) is 37.3 Å². The van der Waals surface area contributed by atoms with E-state index in [9.17, 15) is 43.2 Å². The third-order valence-corrected chi connectivity index (χ3v) is 18.6. The van der Waals surface area contributed by atoms with Crippen molar-refractivity contribution in [2.45, 2.75) is 375 Å². The van der Waals surface area contributed by atoms with Crippen molar-refractivity contribution in [2.24, 2.45) is 17.8 Å². The van der Waals surface area contributed by atoms with E-state index in [1.165, 1.54) is 167 Å². The van der Waals surface area contributed by atoms with Gasteiger partial charge in [0.2, 0.25) is 0 Å². The van der Waals surface area contributed by atoms with Crippen LogP contribution in [0, 0.1) is 17.8 Å². The van der Waals surface area contributed by atoms with Crippen molar-refractivity contribution in [3.63, 3.8) is 0 Å². The van der Waals surface area contributed by atoms with E-state index in [1.54, 1.807) is 0 Å². The third-order valence-electron chi connectivity index (χ3n) is 16.7. The molecule has 3 unspecified atom stereocenters. The van der Waals surface area contributed by atoms with Gasteiger partial charge < -0.3 is 33.8 Å². The Hall–Kier alpha value is -1.94. The van der Waals surface area contributed by atoms with Crippen molar-refractivity contribution in [1.29, 1.82) is 0 Å². The fraction of sp³-hybridized carbons (Fsp3) is 0.944. The lowest BCUT2D eigenvalue weighted by Crippen LogP contribution is -2.30. The van der Waals surface area contributed by atoms with Crippen LogP contribution in [0.25, 0.3) is 0 Å². The van der Waals surface area contributed by atoms with Gasteiger partial charge in [-0.05, 0) is 43.4 Å². The Kier molecular flexibility index (Phi) is 60.6. The second kappa shape index (κ2) is 61.9. The van der Waals surface area contributed by atoms with E-state index >= 15 is 0 Å². The molecule has 0 amide bonds. The first kappa shape index (κ1) is 88.1. The number of carbonyl (C=O) groups is 4. The zero-order valence-electron chi connectivity index (χ0n) is 58.6. The molecule has 0 aromatic carbocycles. The van der Waals surface area contributed by atoms with Gasteiger partial charge in [-0.1, -0.05) is 305 Å². The fourth-order valence-electron chi connectivity index (χ4n) is 10.7. The van der Waals surface area contributed by atoms with Gasteiger partial charge in [-0.25, -0.2) is 9.13 Å². The number of rotatable bonds is 69. The van der Waals surface area contributed by atoms with Gasteiger partial charge in [0, 0.05) is 25.7 Å². The van der Waals surface area contributed by atoms with Crippen LogP contribution < -0.4 is 0 Å². The SMILES string of the molecule is CCCCCCCCCCCC(=O)OC[C@H](COP(=O)(O)OC[C@H](O)COP(=O)(O)OC[C@@H](COC(=O)CCCCCCCCCCCCC(C)CC)OC(=O)CCCCCCCCCCCCCCCCCC(C)C)OC(=O)CCCCCCCCC(C)C. The number of hydrogen-bond donors (Lipinski definition) is 3. The molecule has 0 saturated carbocycles. The first-order valence-electron chi connectivity index (χ1n) is 36.9. The molecule has 534 valence electrons. The summed E-state index contributed by atoms with van der Waals surface area (Å²) in [6.45, 7) is 11.8. The summed E-state index contributed by atoms with van der Waals surface area (Å²) in [7, 11) is -9.90. The standard InChI is InChI=1S/C71H138O17P2/c1-8-10-11-12-13-23-30-38-45-52-68(73)81-59-67(88-71(76)55-48-41-34-33-36-43-50-63(5)6)61-86-90(79,80)84-57-65(72)56-83-89(77,78)85-60-66(58-82-69(74)53-46-39-31-26-22-21-25-29-37-44-51-64(7)9-2)87-70(75)54-47-40-32-27-20-18-16-14-15-17-19-24-28-35-42-49-62(3)4/h62-67,72H,8-61H2,1-7H3,(H,77,78)(H,79,80)/t64?,65-,66-,67-/m1/s1. The minimum absolute atomic E-state index is 0.102. The molecular formula is C71H138O17P2. The highest BCUT2D eigenvalue weighted by atomic mass is 31.2. The van der Waals surface area contributed by atoms with E-state index in [0.717, 1.165) is 102 Å². The minimum Gasteiger partial charge on any atom is -0.462 e. The van der Waals surface area contributed by atoms with Gasteiger partial charge >= 0.3 is 39.5 Å². The van der Waals surface area contributed by atoms with Gasteiger partial charge in [0.05, 0.1) is 26.4 Å². The van der Waals surface area contributed by atoms with Gasteiger partial charge in [0.15, 0.2) is 12.2 Å². The zero-order chi connectivity index (χ0) is 66.6. The normalized spacial score (nSPS) is 14.5. The summed E-state index contributed by atoms with van der Waals surface area (Å²) in [6, 6.07) is 0. The maximum Gasteiger partial charge on any atom is 0.472 e. The van der Waals surface area contributed by atoms with Crippen LogP contribution in [-0.4, -0.2) is 96.7 Å². The average molecular weight is 1330 g/mol. The second-order valence-corrected chi connectivity index (χ2v) is 29.7. The number of ether oxygens (including phenoxy) is 4. The van der Waals surface area contributed by atoms with E-state index < -0.39 is 97.5 Å². The van der Waals surface area contributed by atoms with Crippen LogP contribution in [0.3, 0.4) is 0 Å². The zero-order valence-corrected chi connectivity index (χ0v) is 60.4. The van der Waals surface area contributed by atoms with Gasteiger partial charge in [-0.15, -0.1) is 0 Å². The first-order chi connectivity index (χ1) is 43.3. The lowest BCUT2D eigenvalue weighted by Gasteiger charge is -2.21. The summed E-state index contributed by atoms with van der Waals surface area (Å²) in [6.07, 6.45) is 45.9. The Bertz CT molecular complexity index is 1770. The number of phosphoric ester groups is 2. The van der Waals surface area contributed by atoms with Crippen LogP contribution in [-0.2, 0) is 65.4 Å². The third kappa shape index (κ3) is 63.5. The van der Waals surface area contributed by atoms with Gasteiger partial charge in [0.1, 0.15) is 19.3 Å². The Balaban J connectivity index is 5.21. The van der Waals surface area contributed by atoms with Crippen molar-refractivity contribution in [3.8, 4) is 0 Å². The van der Waals surface area contributed by atoms with Gasteiger partial charge in [-0.2, -0.15) is 0 Å². The molecule has 0 aromatic rings. The molecule has 0 aromatic heterocycles. The number of aliphatic hydroxyl groups excluding tert-OH is 1. The maximum absolute atomic E-state index is 13.0. The largest absolute Gasteiger partial charge is 0.472 e. The topological polar surface area (TPSA) is 237 Å². The van der Waals surface area contributed by atoms with E-state index in [1.807, 2.05) is 0 Å². The highest BCUT2D eigenvalue weighted by Gasteiger charge is 2.30. The van der Waals surface area contributed by atoms with Crippen molar-refractivity contribution in [1.82, 2.24) is 0 Å². The molecule has 0 aliphatic carbocycles. The summed E-state index contributed by atoms with van der Waals surface area (Å²) in [5.74, 6) is 0.152. The Morgan fingerprint density at radius 1 is 0.322 bits per heavy atom. The van der Waals surface area contributed by atoms with Crippen LogP contribution >= 0.6 is 15.6 Å². The number of carbonyl (C=O) groups excluding carboxylic acids is 4. The summed E-state index contributed by atoms with van der Waals surface area (Å²) in [4.78, 5) is 72.5. The summed E-state index contributed by atoms with van der Waals surface area (Å²) >= 11 is 0. The van der Waals surface area contributed by atoms with Crippen LogP contribution in [0.15, 0.2) is 0 Å². The summed E-state index contributed by atoms with van der Waals surface area (Å²) in [5, 5.41) is 10.6. The summed E-state index contributed by atoms with van der Waals surface area (Å²) in [5.41, 5.74) is 0. The Morgan fingerprint density at radius 2 is 0.567 bits per heavy atom. The average Bonchev–Trinajstić information content (AvgIpc) is 3.23. The van der Waals surface area contributed by atoms with E-state index in [-0.39, 0.29) is 25.7 Å². The first-order valence-corrected chi connectivity index (χ1v) is 39.9. The number of unbranched alkanes of at least 4 members (excludes halogenated alkanes) is 36. The molecule has 17 nitrogen and oxygen atoms in total. The monoisotopic (exact) mass is 1320 g/mol. The van der Waals surface area contributed by atoms with Crippen LogP contribution in [0.2, 0.25) is 0 Å². The quantitative estimate of drug-likeness (QED) is 0.0222. The molecule has 0 spiro atoms. The summed E-state index contributed by atoms with van der Waals surface area (Å²) < 4.78 is 68.2. The van der Waals surface area contributed by atoms with Crippen LogP contribution in [0.5, 0.6) is 0 Å². The second-order valence-electron chi connectivity index (χ2n) is 26.8. The van der Waals surface area contributed by atoms with Crippen molar-refractivity contribution >= 4 is 39.5 Å². The molecule has 19 heteroatoms. The van der Waals surface area contributed by atoms with E-state index in [2.05, 4.69) is 48.5 Å². The molecule has 0 aliphatic rings. The van der Waals surface area contributed by atoms with E-state index in [0.29, 0.717) is 31.6 Å². The molecule has 0 fully saturated rings. The van der Waals surface area contributed by atoms with Crippen LogP contribution in [0.4, 0.5) is 0 Å². The van der Waals surface area contributed by atoms with Gasteiger partial charge in [0.25, 0.3) is 0 Å². The number of hydrogen-bond acceptors (Lipinski definition) is 15. The molecule has 3 N–H and O–H groups in total. The molecular weight excluding hydrogens is 1190 g/mol. The molecule has 0 heterocycles. The molecule has 0 saturated heterocycles. The van der Waals surface area contributed by atoms with Crippen molar-refractivity contribution in [3.05, 3.63) is 0 Å². The maximum atomic E-state index is 13.0. The number of esters is 4. The predicted octanol–water partition coefficient (Wildman–Crippen LogP) is 20.2. The lowest BCUT2D eigenvalue weighted by atomic mass is 9.99. The van der Waals surface area contributed by atoms with Crippen molar-refractivity contribution < 1.29 is 80.2 Å². The molecule has 90 heavy (non-hydrogen) atoms. The molecule has 0 rings (SSSR count). The Labute approximate surface area is 549 Å². The molecule has 0 aliphatic heterocycles. The number of aliphatic hydroxyl groups is 1. The highest BCUT2D eigenvalue weighted by Crippen LogP contribution is 2.45. The van der Waals surface area contributed by atoms with E-state index in [4.69, 9.17) is 37.0 Å². The molecule has 0 radical (unpaired) electrons. The fourth-order valence-corrected chi connectivity index (χ4v) is 12.3. The van der Waals surface area contributed by atoms with Crippen LogP contribution in [0.1, 0.15) is 357 Å². The number of phosphoric acid groups is 2. The molecule has 6 atom stereocenters. The lowest BCUT2D eigenvalue weighted by molar-refractivity contribution is -0.161.